The lowest BCUT2D eigenvalue weighted by Gasteiger charge is -2.19. The van der Waals surface area contributed by atoms with Crippen LogP contribution in [0.3, 0.4) is 0 Å². The highest BCUT2D eigenvalue weighted by Crippen LogP contribution is 2.07. The molecule has 0 fully saturated rings. The second kappa shape index (κ2) is 11.7. The zero-order valence-corrected chi connectivity index (χ0v) is 17.8. The highest BCUT2D eigenvalue weighted by molar-refractivity contribution is 5.68. The summed E-state index contributed by atoms with van der Waals surface area (Å²) in [5, 5.41) is 5.54. The maximum Gasteiger partial charge on any atom is 0.407 e. The number of rotatable bonds is 8. The van der Waals surface area contributed by atoms with Crippen LogP contribution in [0.25, 0.3) is 0 Å². The number of ether oxygens (including phenoxy) is 2. The van der Waals surface area contributed by atoms with Gasteiger partial charge in [-0.05, 0) is 38.3 Å². The normalized spacial score (nSPS) is 12.2. The van der Waals surface area contributed by atoms with Crippen LogP contribution in [0, 0.1) is 0 Å². The molecule has 0 unspecified atom stereocenters. The monoisotopic (exact) mass is 410 g/mol. The van der Waals surface area contributed by atoms with Gasteiger partial charge in [0.1, 0.15) is 12.2 Å². The van der Waals surface area contributed by atoms with Gasteiger partial charge >= 0.3 is 12.2 Å². The van der Waals surface area contributed by atoms with Gasteiger partial charge in [-0.15, -0.1) is 0 Å². The summed E-state index contributed by atoms with van der Waals surface area (Å²) >= 11 is 0. The first kappa shape index (κ1) is 23.0. The lowest BCUT2D eigenvalue weighted by Crippen LogP contribution is -2.36. The topological polar surface area (TPSA) is 76.7 Å². The third-order valence-electron chi connectivity index (χ3n) is 3.95. The SMILES string of the molecule is CC(C)(C)OC(=O)NC/C=C/[C@H](Cc1ccccc1)NC(=O)OCc1ccccc1. The van der Waals surface area contributed by atoms with Gasteiger partial charge < -0.3 is 20.1 Å². The minimum atomic E-state index is -0.548. The second-order valence-electron chi connectivity index (χ2n) is 7.81. The zero-order valence-electron chi connectivity index (χ0n) is 17.8. The van der Waals surface area contributed by atoms with Gasteiger partial charge in [-0.3, -0.25) is 0 Å². The Morgan fingerprint density at radius 3 is 2.13 bits per heavy atom. The molecule has 0 heterocycles. The van der Waals surface area contributed by atoms with Gasteiger partial charge in [0.2, 0.25) is 0 Å². The Kier molecular flexibility index (Phi) is 8.94. The molecule has 2 amide bonds. The van der Waals surface area contributed by atoms with Crippen LogP contribution >= 0.6 is 0 Å². The van der Waals surface area contributed by atoms with Crippen molar-refractivity contribution in [3.63, 3.8) is 0 Å². The lowest BCUT2D eigenvalue weighted by molar-refractivity contribution is 0.0534. The maximum absolute atomic E-state index is 12.3. The number of carbonyl (C=O) groups excluding carboxylic acids is 2. The molecular formula is C24H30N2O4. The second-order valence-corrected chi connectivity index (χ2v) is 7.81. The summed E-state index contributed by atoms with van der Waals surface area (Å²) in [6.07, 6.45) is 3.25. The van der Waals surface area contributed by atoms with E-state index in [1.165, 1.54) is 0 Å². The van der Waals surface area contributed by atoms with E-state index >= 15 is 0 Å². The first-order valence-electron chi connectivity index (χ1n) is 9.96. The largest absolute Gasteiger partial charge is 0.445 e. The van der Waals surface area contributed by atoms with Gasteiger partial charge in [-0.1, -0.05) is 72.8 Å². The van der Waals surface area contributed by atoms with Crippen LogP contribution in [0.1, 0.15) is 31.9 Å². The van der Waals surface area contributed by atoms with E-state index in [4.69, 9.17) is 9.47 Å². The molecule has 0 saturated carbocycles. The van der Waals surface area contributed by atoms with E-state index in [1.807, 2.05) is 87.5 Å². The number of hydrogen-bond donors (Lipinski definition) is 2. The van der Waals surface area contributed by atoms with E-state index in [0.29, 0.717) is 13.0 Å². The summed E-state index contributed by atoms with van der Waals surface area (Å²) in [6.45, 7) is 5.92. The fraction of sp³-hybridized carbons (Fsp3) is 0.333. The molecule has 0 saturated heterocycles. The van der Waals surface area contributed by atoms with Crippen LogP contribution in [-0.2, 0) is 22.5 Å². The standard InChI is InChI=1S/C24H30N2O4/c1-24(2,3)30-22(27)25-16-10-15-21(17-19-11-6-4-7-12-19)26-23(28)29-18-20-13-8-5-9-14-20/h4-15,21H,16-18H2,1-3H3,(H,25,27)(H,26,28)/b15-10+/t21-/m1/s1. The minimum absolute atomic E-state index is 0.203. The summed E-state index contributed by atoms with van der Waals surface area (Å²) in [5.41, 5.74) is 1.45. The predicted molar refractivity (Wildman–Crippen MR) is 117 cm³/mol. The smallest absolute Gasteiger partial charge is 0.407 e. The molecule has 0 spiro atoms. The lowest BCUT2D eigenvalue weighted by atomic mass is 10.1. The molecule has 0 aromatic heterocycles. The van der Waals surface area contributed by atoms with Crippen LogP contribution in [0.15, 0.2) is 72.8 Å². The Balaban J connectivity index is 1.89. The van der Waals surface area contributed by atoms with E-state index < -0.39 is 17.8 Å². The number of amides is 2. The number of alkyl carbamates (subject to hydrolysis) is 2. The average Bonchev–Trinajstić information content (AvgIpc) is 2.70. The van der Waals surface area contributed by atoms with Crippen LogP contribution < -0.4 is 10.6 Å². The summed E-state index contributed by atoms with van der Waals surface area (Å²) in [5.74, 6) is 0. The molecule has 2 N–H and O–H groups in total. The Morgan fingerprint density at radius 1 is 0.933 bits per heavy atom. The van der Waals surface area contributed by atoms with Crippen molar-refractivity contribution in [1.29, 1.82) is 0 Å². The molecule has 0 aliphatic rings. The molecular weight excluding hydrogens is 380 g/mol. The Bertz CT molecular complexity index is 814. The number of benzene rings is 2. The van der Waals surface area contributed by atoms with Crippen LogP contribution in [0.2, 0.25) is 0 Å². The molecule has 0 bridgehead atoms. The van der Waals surface area contributed by atoms with Crippen molar-refractivity contribution < 1.29 is 19.1 Å². The van der Waals surface area contributed by atoms with Crippen LogP contribution in [-0.4, -0.2) is 30.4 Å². The zero-order chi connectivity index (χ0) is 21.8. The van der Waals surface area contributed by atoms with Gasteiger partial charge in [0.05, 0.1) is 6.04 Å². The number of nitrogens with one attached hydrogen (secondary N) is 2. The number of hydrogen-bond acceptors (Lipinski definition) is 4. The summed E-state index contributed by atoms with van der Waals surface area (Å²) in [6, 6.07) is 19.1. The summed E-state index contributed by atoms with van der Waals surface area (Å²) in [7, 11) is 0. The third kappa shape index (κ3) is 9.78. The van der Waals surface area contributed by atoms with Gasteiger partial charge in [0, 0.05) is 6.54 Å². The quantitative estimate of drug-likeness (QED) is 0.624. The molecule has 0 radical (unpaired) electrons. The summed E-state index contributed by atoms with van der Waals surface area (Å²) < 4.78 is 10.5. The van der Waals surface area contributed by atoms with Gasteiger partial charge in [-0.2, -0.15) is 0 Å². The van der Waals surface area contributed by atoms with E-state index in [1.54, 1.807) is 6.08 Å². The molecule has 0 aliphatic carbocycles. The molecule has 6 heteroatoms. The van der Waals surface area contributed by atoms with Crippen molar-refractivity contribution in [1.82, 2.24) is 10.6 Å². The molecule has 2 aromatic rings. The van der Waals surface area contributed by atoms with Crippen molar-refractivity contribution in [3.05, 3.63) is 83.9 Å². The molecule has 6 nitrogen and oxygen atoms in total. The Hall–Kier alpha value is -3.28. The molecule has 2 aromatic carbocycles. The fourth-order valence-electron chi connectivity index (χ4n) is 2.64. The summed E-state index contributed by atoms with van der Waals surface area (Å²) in [4.78, 5) is 24.0. The van der Waals surface area contributed by atoms with Crippen molar-refractivity contribution in [2.24, 2.45) is 0 Å². The first-order chi connectivity index (χ1) is 14.3. The van der Waals surface area contributed by atoms with Crippen molar-refractivity contribution >= 4 is 12.2 Å². The molecule has 1 atom stereocenters. The van der Waals surface area contributed by atoms with Gasteiger partial charge in [-0.25, -0.2) is 9.59 Å². The fourth-order valence-corrected chi connectivity index (χ4v) is 2.64. The first-order valence-corrected chi connectivity index (χ1v) is 9.96. The molecule has 2 rings (SSSR count). The Labute approximate surface area is 178 Å². The predicted octanol–water partition coefficient (Wildman–Crippen LogP) is 4.61. The minimum Gasteiger partial charge on any atom is -0.445 e. The van der Waals surface area contributed by atoms with E-state index in [2.05, 4.69) is 10.6 Å². The average molecular weight is 411 g/mol. The highest BCUT2D eigenvalue weighted by atomic mass is 16.6. The van der Waals surface area contributed by atoms with Crippen LogP contribution in [0.4, 0.5) is 9.59 Å². The highest BCUT2D eigenvalue weighted by Gasteiger charge is 2.15. The van der Waals surface area contributed by atoms with Crippen molar-refractivity contribution in [3.8, 4) is 0 Å². The van der Waals surface area contributed by atoms with Crippen molar-refractivity contribution in [2.75, 3.05) is 6.54 Å². The maximum atomic E-state index is 12.3. The Morgan fingerprint density at radius 2 is 1.53 bits per heavy atom. The third-order valence-corrected chi connectivity index (χ3v) is 3.95. The van der Waals surface area contributed by atoms with Gasteiger partial charge in [0.15, 0.2) is 0 Å². The van der Waals surface area contributed by atoms with E-state index in [9.17, 15) is 9.59 Å². The van der Waals surface area contributed by atoms with Gasteiger partial charge in [0.25, 0.3) is 0 Å². The molecule has 30 heavy (non-hydrogen) atoms. The van der Waals surface area contributed by atoms with Crippen molar-refractivity contribution in [2.45, 2.75) is 45.4 Å². The number of carbonyl (C=O) groups is 2. The molecule has 0 aliphatic heterocycles. The van der Waals surface area contributed by atoms with E-state index in [0.717, 1.165) is 11.1 Å². The van der Waals surface area contributed by atoms with Crippen LogP contribution in [0.5, 0.6) is 0 Å². The molecule has 160 valence electrons. The van der Waals surface area contributed by atoms with E-state index in [-0.39, 0.29) is 12.6 Å².